The second-order valence-corrected chi connectivity index (χ2v) is 6.13. The quantitative estimate of drug-likeness (QED) is 0.793. The van der Waals surface area contributed by atoms with Crippen molar-refractivity contribution in [1.82, 2.24) is 4.98 Å². The van der Waals surface area contributed by atoms with Crippen molar-refractivity contribution in [2.24, 2.45) is 0 Å². The van der Waals surface area contributed by atoms with E-state index < -0.39 is 11.2 Å². The Morgan fingerprint density at radius 2 is 1.96 bits per heavy atom. The molecule has 1 fully saturated rings. The van der Waals surface area contributed by atoms with E-state index >= 15 is 0 Å². The smallest absolute Gasteiger partial charge is 0.177 e. The Labute approximate surface area is 135 Å². The van der Waals surface area contributed by atoms with Crippen molar-refractivity contribution in [2.75, 3.05) is 7.11 Å². The highest BCUT2D eigenvalue weighted by Crippen LogP contribution is 2.43. The molecule has 0 amide bonds. The molecule has 1 aromatic carbocycles. The second-order valence-electron chi connectivity index (χ2n) is 6.13. The molecule has 23 heavy (non-hydrogen) atoms. The van der Waals surface area contributed by atoms with Gasteiger partial charge in [0.1, 0.15) is 11.6 Å². The van der Waals surface area contributed by atoms with Gasteiger partial charge in [-0.3, -0.25) is 9.78 Å². The Balaban J connectivity index is 2.06. The van der Waals surface area contributed by atoms with E-state index in [0.29, 0.717) is 18.6 Å². The lowest BCUT2D eigenvalue weighted by molar-refractivity contribution is 0.0878. The van der Waals surface area contributed by atoms with E-state index in [9.17, 15) is 9.18 Å². The van der Waals surface area contributed by atoms with Gasteiger partial charge in [-0.2, -0.15) is 0 Å². The molecule has 0 spiro atoms. The minimum Gasteiger partial charge on any atom is -0.497 e. The van der Waals surface area contributed by atoms with Crippen LogP contribution in [0.4, 0.5) is 4.39 Å². The van der Waals surface area contributed by atoms with Gasteiger partial charge in [0.2, 0.25) is 0 Å². The summed E-state index contributed by atoms with van der Waals surface area (Å²) in [5.41, 5.74) is 1.05. The highest BCUT2D eigenvalue weighted by atomic mass is 19.1. The SMILES string of the molecule is COc1ccc(C(=O)C2(c3cccc(C)n3)CCCC2)c(F)c1. The van der Waals surface area contributed by atoms with Crippen LogP contribution in [0.2, 0.25) is 0 Å². The molecule has 2 aromatic rings. The Kier molecular flexibility index (Phi) is 4.16. The molecule has 0 N–H and O–H groups in total. The molecule has 1 aliphatic rings. The Hall–Kier alpha value is -2.23. The molecule has 1 saturated carbocycles. The molecular formula is C19H20FNO2. The van der Waals surface area contributed by atoms with Crippen LogP contribution in [0.1, 0.15) is 47.4 Å². The fraction of sp³-hybridized carbons (Fsp3) is 0.368. The van der Waals surface area contributed by atoms with Gasteiger partial charge in [0.15, 0.2) is 5.78 Å². The molecule has 0 atom stereocenters. The minimum absolute atomic E-state index is 0.121. The van der Waals surface area contributed by atoms with Crippen molar-refractivity contribution in [3.05, 3.63) is 59.2 Å². The van der Waals surface area contributed by atoms with Gasteiger partial charge in [0.25, 0.3) is 0 Å². The van der Waals surface area contributed by atoms with Gasteiger partial charge < -0.3 is 4.74 Å². The van der Waals surface area contributed by atoms with Crippen LogP contribution >= 0.6 is 0 Å². The lowest BCUT2D eigenvalue weighted by Crippen LogP contribution is -2.34. The molecule has 0 unspecified atom stereocenters. The maximum atomic E-state index is 14.4. The largest absolute Gasteiger partial charge is 0.497 e. The van der Waals surface area contributed by atoms with Crippen LogP contribution in [0.15, 0.2) is 36.4 Å². The number of hydrogen-bond acceptors (Lipinski definition) is 3. The number of pyridine rings is 1. The fourth-order valence-electron chi connectivity index (χ4n) is 3.45. The number of hydrogen-bond donors (Lipinski definition) is 0. The van der Waals surface area contributed by atoms with Crippen LogP contribution in [0.5, 0.6) is 5.75 Å². The summed E-state index contributed by atoms with van der Waals surface area (Å²) in [5, 5.41) is 0. The Morgan fingerprint density at radius 1 is 1.22 bits per heavy atom. The molecule has 0 saturated heterocycles. The summed E-state index contributed by atoms with van der Waals surface area (Å²) in [6, 6.07) is 10.1. The first-order chi connectivity index (χ1) is 11.1. The topological polar surface area (TPSA) is 39.2 Å². The third-order valence-electron chi connectivity index (χ3n) is 4.69. The van der Waals surface area contributed by atoms with Crippen LogP contribution in [-0.4, -0.2) is 17.9 Å². The molecule has 0 aliphatic heterocycles. The number of ether oxygens (including phenoxy) is 1. The lowest BCUT2D eigenvalue weighted by atomic mass is 9.75. The predicted octanol–water partition coefficient (Wildman–Crippen LogP) is 4.23. The summed E-state index contributed by atoms with van der Waals surface area (Å²) in [5.74, 6) is -0.297. The minimum atomic E-state index is -0.707. The zero-order chi connectivity index (χ0) is 16.4. The first kappa shape index (κ1) is 15.7. The third kappa shape index (κ3) is 2.74. The van der Waals surface area contributed by atoms with Gasteiger partial charge in [0.05, 0.1) is 23.8 Å². The fourth-order valence-corrected chi connectivity index (χ4v) is 3.45. The van der Waals surface area contributed by atoms with E-state index in [0.717, 1.165) is 24.2 Å². The van der Waals surface area contributed by atoms with Gasteiger partial charge in [-0.1, -0.05) is 18.9 Å². The molecular weight excluding hydrogens is 293 g/mol. The van der Waals surface area contributed by atoms with E-state index in [2.05, 4.69) is 4.98 Å². The molecule has 1 aliphatic carbocycles. The second kappa shape index (κ2) is 6.11. The van der Waals surface area contributed by atoms with E-state index in [1.54, 1.807) is 6.07 Å². The number of aryl methyl sites for hydroxylation is 1. The molecule has 4 heteroatoms. The van der Waals surface area contributed by atoms with Crippen molar-refractivity contribution in [1.29, 1.82) is 0 Å². The van der Waals surface area contributed by atoms with Crippen molar-refractivity contribution >= 4 is 5.78 Å². The monoisotopic (exact) mass is 313 g/mol. The van der Waals surface area contributed by atoms with Gasteiger partial charge in [-0.05, 0) is 44.0 Å². The highest BCUT2D eigenvalue weighted by Gasteiger charge is 2.45. The molecule has 1 aromatic heterocycles. The van der Waals surface area contributed by atoms with Crippen molar-refractivity contribution in [3.63, 3.8) is 0 Å². The van der Waals surface area contributed by atoms with Crippen LogP contribution in [-0.2, 0) is 5.41 Å². The van der Waals surface area contributed by atoms with Gasteiger partial charge in [0, 0.05) is 11.8 Å². The summed E-state index contributed by atoms with van der Waals surface area (Å²) in [6.45, 7) is 1.91. The summed E-state index contributed by atoms with van der Waals surface area (Å²) in [6.07, 6.45) is 3.35. The first-order valence-electron chi connectivity index (χ1n) is 7.89. The average molecular weight is 313 g/mol. The predicted molar refractivity (Wildman–Crippen MR) is 86.4 cm³/mol. The number of halogens is 1. The number of ketones is 1. The van der Waals surface area contributed by atoms with Gasteiger partial charge >= 0.3 is 0 Å². The maximum absolute atomic E-state index is 14.4. The lowest BCUT2D eigenvalue weighted by Gasteiger charge is -2.27. The molecule has 3 rings (SSSR count). The standard InChI is InChI=1S/C19H20FNO2/c1-13-6-5-7-17(21-13)19(10-3-4-11-19)18(22)15-9-8-14(23-2)12-16(15)20/h5-9,12H,3-4,10-11H2,1-2H3. The molecule has 1 heterocycles. The number of Topliss-reactive ketones (excluding diaryl/α,β-unsaturated/α-hetero) is 1. The molecule has 120 valence electrons. The summed E-state index contributed by atoms with van der Waals surface area (Å²) >= 11 is 0. The van der Waals surface area contributed by atoms with Crippen LogP contribution < -0.4 is 4.74 Å². The third-order valence-corrected chi connectivity index (χ3v) is 4.69. The van der Waals surface area contributed by atoms with Gasteiger partial charge in [-0.15, -0.1) is 0 Å². The number of methoxy groups -OCH3 is 1. The van der Waals surface area contributed by atoms with Crippen LogP contribution in [0.3, 0.4) is 0 Å². The van der Waals surface area contributed by atoms with E-state index in [-0.39, 0.29) is 11.3 Å². The summed E-state index contributed by atoms with van der Waals surface area (Å²) in [4.78, 5) is 17.7. The summed E-state index contributed by atoms with van der Waals surface area (Å²) < 4.78 is 19.4. The van der Waals surface area contributed by atoms with Gasteiger partial charge in [-0.25, -0.2) is 4.39 Å². The zero-order valence-electron chi connectivity index (χ0n) is 13.4. The van der Waals surface area contributed by atoms with Crippen LogP contribution in [0, 0.1) is 12.7 Å². The number of carbonyl (C=O) groups is 1. The first-order valence-corrected chi connectivity index (χ1v) is 7.89. The maximum Gasteiger partial charge on any atom is 0.177 e. The Bertz CT molecular complexity index is 736. The summed E-state index contributed by atoms with van der Waals surface area (Å²) in [7, 11) is 1.48. The van der Waals surface area contributed by atoms with Crippen molar-refractivity contribution < 1.29 is 13.9 Å². The average Bonchev–Trinajstić information content (AvgIpc) is 3.05. The van der Waals surface area contributed by atoms with Crippen LogP contribution in [0.25, 0.3) is 0 Å². The number of aromatic nitrogens is 1. The number of nitrogens with zero attached hydrogens (tertiary/aromatic N) is 1. The molecule has 0 radical (unpaired) electrons. The highest BCUT2D eigenvalue weighted by molar-refractivity contribution is 6.04. The van der Waals surface area contributed by atoms with E-state index in [1.807, 2.05) is 25.1 Å². The number of rotatable bonds is 4. The number of carbonyl (C=O) groups excluding carboxylic acids is 1. The van der Waals surface area contributed by atoms with E-state index in [4.69, 9.17) is 4.74 Å². The van der Waals surface area contributed by atoms with Crippen molar-refractivity contribution in [3.8, 4) is 5.75 Å². The Morgan fingerprint density at radius 3 is 2.57 bits per heavy atom. The van der Waals surface area contributed by atoms with Crippen molar-refractivity contribution in [2.45, 2.75) is 38.0 Å². The van der Waals surface area contributed by atoms with E-state index in [1.165, 1.54) is 19.2 Å². The molecule has 0 bridgehead atoms. The number of benzene rings is 1. The zero-order valence-corrected chi connectivity index (χ0v) is 13.4. The normalized spacial score (nSPS) is 16.3. The molecule has 3 nitrogen and oxygen atoms in total.